The van der Waals surface area contributed by atoms with Crippen LogP contribution in [0.4, 0.5) is 22.7 Å². The summed E-state index contributed by atoms with van der Waals surface area (Å²) in [7, 11) is 0. The van der Waals surface area contributed by atoms with Crippen LogP contribution in [0.25, 0.3) is 0 Å². The molecule has 4 rings (SSSR count). The number of rotatable bonds is 5. The van der Waals surface area contributed by atoms with E-state index in [0.717, 1.165) is 11.3 Å². The summed E-state index contributed by atoms with van der Waals surface area (Å²) in [6.45, 7) is 6.91. The fourth-order valence-electron chi connectivity index (χ4n) is 3.67. The van der Waals surface area contributed by atoms with Crippen molar-refractivity contribution in [3.8, 4) is 0 Å². The smallest absolute Gasteiger partial charge is 0.196 e. The number of hydrogen-bond donors (Lipinski definition) is 3. The second kappa shape index (κ2) is 7.67. The zero-order valence-electron chi connectivity index (χ0n) is 17.4. The molecule has 0 radical (unpaired) electrons. The Balaban J connectivity index is 1.90. The van der Waals surface area contributed by atoms with E-state index >= 15 is 0 Å². The maximum absolute atomic E-state index is 13.4. The maximum Gasteiger partial charge on any atom is 0.196 e. The molecular formula is C25H25N3O2. The molecule has 0 amide bonds. The molecule has 3 aromatic carbocycles. The third-order valence-corrected chi connectivity index (χ3v) is 5.27. The molecule has 0 saturated heterocycles. The van der Waals surface area contributed by atoms with E-state index in [1.807, 2.05) is 37.3 Å². The summed E-state index contributed by atoms with van der Waals surface area (Å²) in [5.74, 6) is -0.0261. The quantitative estimate of drug-likeness (QED) is 0.404. The highest BCUT2D eigenvalue weighted by Crippen LogP contribution is 2.40. The summed E-state index contributed by atoms with van der Waals surface area (Å²) in [6.07, 6.45) is 0. The van der Waals surface area contributed by atoms with Crippen LogP contribution in [-0.4, -0.2) is 18.1 Å². The van der Waals surface area contributed by atoms with Crippen molar-refractivity contribution in [2.75, 3.05) is 22.9 Å². The minimum Gasteiger partial charge on any atom is -0.396 e. The van der Waals surface area contributed by atoms with Gasteiger partial charge in [0, 0.05) is 23.4 Å². The minimum atomic E-state index is -0.224. The molecular weight excluding hydrogens is 374 g/mol. The topological polar surface area (TPSA) is 84.2 Å². The number of ketones is 2. The van der Waals surface area contributed by atoms with Crippen molar-refractivity contribution in [3.05, 3.63) is 82.4 Å². The molecule has 0 unspecified atom stereocenters. The number of nitrogen functional groups attached to an aromatic ring is 1. The van der Waals surface area contributed by atoms with Gasteiger partial charge < -0.3 is 16.4 Å². The van der Waals surface area contributed by atoms with Gasteiger partial charge in [0.05, 0.1) is 28.2 Å². The summed E-state index contributed by atoms with van der Waals surface area (Å²) in [4.78, 5) is 26.7. The molecule has 30 heavy (non-hydrogen) atoms. The summed E-state index contributed by atoms with van der Waals surface area (Å²) >= 11 is 0. The van der Waals surface area contributed by atoms with Crippen molar-refractivity contribution < 1.29 is 9.59 Å². The van der Waals surface area contributed by atoms with Gasteiger partial charge in [0.1, 0.15) is 0 Å². The normalized spacial score (nSPS) is 12.5. The number of nitrogens with two attached hydrogens (primary N) is 1. The third kappa shape index (κ3) is 3.43. The lowest BCUT2D eigenvalue weighted by Crippen LogP contribution is -2.24. The second-order valence-corrected chi connectivity index (χ2v) is 8.10. The molecule has 1 aliphatic rings. The number of carbonyl (C=O) groups excluding carboxylic acids is 2. The van der Waals surface area contributed by atoms with Crippen LogP contribution in [0.1, 0.15) is 51.3 Å². The Kier molecular flexibility index (Phi) is 5.04. The second-order valence-electron chi connectivity index (χ2n) is 8.10. The molecule has 152 valence electrons. The van der Waals surface area contributed by atoms with Crippen LogP contribution in [0, 0.1) is 12.8 Å². The summed E-state index contributed by atoms with van der Waals surface area (Å²) in [5.41, 5.74) is 11.3. The Hall–Kier alpha value is -3.60. The van der Waals surface area contributed by atoms with Crippen molar-refractivity contribution in [3.63, 3.8) is 0 Å². The number of benzene rings is 3. The van der Waals surface area contributed by atoms with Crippen molar-refractivity contribution >= 4 is 34.3 Å². The lowest BCUT2D eigenvalue weighted by atomic mass is 9.82. The molecule has 0 heterocycles. The first-order valence-electron chi connectivity index (χ1n) is 10.1. The molecule has 0 saturated carbocycles. The van der Waals surface area contributed by atoms with Crippen LogP contribution in [-0.2, 0) is 0 Å². The lowest BCUT2D eigenvalue weighted by molar-refractivity contribution is 0.0980. The number of carbonyl (C=O) groups is 2. The first-order valence-corrected chi connectivity index (χ1v) is 10.1. The van der Waals surface area contributed by atoms with Gasteiger partial charge in [0.25, 0.3) is 0 Å². The maximum atomic E-state index is 13.4. The lowest BCUT2D eigenvalue weighted by Gasteiger charge is -2.25. The van der Waals surface area contributed by atoms with Gasteiger partial charge in [-0.15, -0.1) is 0 Å². The molecule has 0 spiro atoms. The fourth-order valence-corrected chi connectivity index (χ4v) is 3.67. The minimum absolute atomic E-state index is 0.197. The van der Waals surface area contributed by atoms with Crippen molar-refractivity contribution in [1.82, 2.24) is 0 Å². The monoisotopic (exact) mass is 399 g/mol. The van der Waals surface area contributed by atoms with Gasteiger partial charge >= 0.3 is 0 Å². The number of hydrogen-bond acceptors (Lipinski definition) is 5. The SMILES string of the molecule is Cc1ccc(Nc2cc(NCC(C)C)c(N)c3c2C(=O)c2ccccc2C3=O)cc1. The van der Waals surface area contributed by atoms with Crippen molar-refractivity contribution in [2.24, 2.45) is 5.92 Å². The predicted molar refractivity (Wildman–Crippen MR) is 122 cm³/mol. The van der Waals surface area contributed by atoms with Gasteiger partial charge in [-0.2, -0.15) is 0 Å². The highest BCUT2D eigenvalue weighted by atomic mass is 16.1. The van der Waals surface area contributed by atoms with Crippen LogP contribution in [0.15, 0.2) is 54.6 Å². The molecule has 4 N–H and O–H groups in total. The van der Waals surface area contributed by atoms with E-state index in [0.29, 0.717) is 46.2 Å². The molecule has 5 nitrogen and oxygen atoms in total. The van der Waals surface area contributed by atoms with E-state index in [4.69, 9.17) is 5.73 Å². The molecule has 0 bridgehead atoms. The fraction of sp³-hybridized carbons (Fsp3) is 0.200. The molecule has 5 heteroatoms. The summed E-state index contributed by atoms with van der Waals surface area (Å²) < 4.78 is 0. The first kappa shape index (κ1) is 19.7. The van der Waals surface area contributed by atoms with E-state index in [2.05, 4.69) is 24.5 Å². The Morgan fingerprint density at radius 2 is 1.47 bits per heavy atom. The zero-order chi connectivity index (χ0) is 21.4. The van der Waals surface area contributed by atoms with E-state index in [9.17, 15) is 9.59 Å². The zero-order valence-corrected chi connectivity index (χ0v) is 17.4. The van der Waals surface area contributed by atoms with E-state index in [1.165, 1.54) is 0 Å². The molecule has 0 aromatic heterocycles. The predicted octanol–water partition coefficient (Wildman–Crippen LogP) is 5.16. The Morgan fingerprint density at radius 1 is 0.867 bits per heavy atom. The average Bonchev–Trinajstić information content (AvgIpc) is 2.73. The Bertz CT molecular complexity index is 1150. The van der Waals surface area contributed by atoms with Gasteiger partial charge in [0.15, 0.2) is 11.6 Å². The van der Waals surface area contributed by atoms with E-state index < -0.39 is 0 Å². The van der Waals surface area contributed by atoms with Gasteiger partial charge in [-0.1, -0.05) is 55.8 Å². The number of aryl methyl sites for hydroxylation is 1. The Labute approximate surface area is 176 Å². The summed E-state index contributed by atoms with van der Waals surface area (Å²) in [6, 6.07) is 16.6. The standard InChI is InChI=1S/C25H25N3O2/c1-14(2)13-27-20-12-19(28-16-10-8-15(3)9-11-16)21-22(23(20)26)25(30)18-7-5-4-6-17(18)24(21)29/h4-12,14,27-28H,13,26H2,1-3H3. The molecule has 0 fully saturated rings. The highest BCUT2D eigenvalue weighted by molar-refractivity contribution is 6.32. The molecule has 0 aliphatic heterocycles. The Morgan fingerprint density at radius 3 is 2.07 bits per heavy atom. The van der Waals surface area contributed by atoms with Gasteiger partial charge in [-0.05, 0) is 31.0 Å². The van der Waals surface area contributed by atoms with Crippen LogP contribution >= 0.6 is 0 Å². The molecule has 3 aromatic rings. The van der Waals surface area contributed by atoms with E-state index in [-0.39, 0.29) is 17.1 Å². The van der Waals surface area contributed by atoms with E-state index in [1.54, 1.807) is 24.3 Å². The average molecular weight is 399 g/mol. The van der Waals surface area contributed by atoms with Crippen LogP contribution in [0.2, 0.25) is 0 Å². The largest absolute Gasteiger partial charge is 0.396 e. The number of anilines is 4. The number of nitrogens with one attached hydrogen (secondary N) is 2. The molecule has 0 atom stereocenters. The van der Waals surface area contributed by atoms with Gasteiger partial charge in [0.2, 0.25) is 0 Å². The number of fused-ring (bicyclic) bond motifs is 2. The van der Waals surface area contributed by atoms with Gasteiger partial charge in [-0.3, -0.25) is 9.59 Å². The van der Waals surface area contributed by atoms with Crippen LogP contribution in [0.5, 0.6) is 0 Å². The molecule has 1 aliphatic carbocycles. The van der Waals surface area contributed by atoms with Crippen LogP contribution in [0.3, 0.4) is 0 Å². The first-order chi connectivity index (χ1) is 14.4. The van der Waals surface area contributed by atoms with Crippen molar-refractivity contribution in [2.45, 2.75) is 20.8 Å². The van der Waals surface area contributed by atoms with Crippen LogP contribution < -0.4 is 16.4 Å². The summed E-state index contributed by atoms with van der Waals surface area (Å²) in [5, 5.41) is 6.66. The van der Waals surface area contributed by atoms with Crippen molar-refractivity contribution in [1.29, 1.82) is 0 Å². The third-order valence-electron chi connectivity index (χ3n) is 5.27. The highest BCUT2D eigenvalue weighted by Gasteiger charge is 2.34. The van der Waals surface area contributed by atoms with Gasteiger partial charge in [-0.25, -0.2) is 0 Å².